The topological polar surface area (TPSA) is 61.0 Å². The van der Waals surface area contributed by atoms with E-state index in [1.807, 2.05) is 49.3 Å². The standard InChI is InChI=1S/C22H25BrN4O/c1-27(2)20-13-18-17(24-21(25-18)14-7-4-3-5-8-14)12-19(20)26-22(28)15-9-6-10-16(23)11-15/h6,9-14H,3-5,7-8H2,1-2H3,(H,24,25)(H,26,28). The van der Waals surface area contributed by atoms with Crippen molar-refractivity contribution >= 4 is 44.2 Å². The summed E-state index contributed by atoms with van der Waals surface area (Å²) in [7, 11) is 3.95. The number of rotatable bonds is 4. The molecular formula is C22H25BrN4O. The third kappa shape index (κ3) is 3.92. The van der Waals surface area contributed by atoms with Crippen molar-refractivity contribution in [2.45, 2.75) is 38.0 Å². The Balaban J connectivity index is 1.68. The van der Waals surface area contributed by atoms with E-state index in [4.69, 9.17) is 4.98 Å². The lowest BCUT2D eigenvalue weighted by atomic mass is 9.89. The molecule has 1 aliphatic carbocycles. The summed E-state index contributed by atoms with van der Waals surface area (Å²) in [6.07, 6.45) is 6.28. The molecule has 5 nitrogen and oxygen atoms in total. The van der Waals surface area contributed by atoms with Crippen molar-refractivity contribution in [3.8, 4) is 0 Å². The van der Waals surface area contributed by atoms with Crippen molar-refractivity contribution in [2.75, 3.05) is 24.3 Å². The average Bonchev–Trinajstić information content (AvgIpc) is 3.11. The van der Waals surface area contributed by atoms with Gasteiger partial charge in [-0.25, -0.2) is 4.98 Å². The van der Waals surface area contributed by atoms with Crippen LogP contribution in [0.3, 0.4) is 0 Å². The summed E-state index contributed by atoms with van der Waals surface area (Å²) in [4.78, 5) is 23.1. The second kappa shape index (κ2) is 7.95. The predicted molar refractivity (Wildman–Crippen MR) is 118 cm³/mol. The van der Waals surface area contributed by atoms with Crippen LogP contribution < -0.4 is 10.2 Å². The van der Waals surface area contributed by atoms with Gasteiger partial charge >= 0.3 is 0 Å². The Bertz CT molecular complexity index is 1000. The number of benzene rings is 2. The number of anilines is 2. The summed E-state index contributed by atoms with van der Waals surface area (Å²) in [6.45, 7) is 0. The highest BCUT2D eigenvalue weighted by molar-refractivity contribution is 9.10. The smallest absolute Gasteiger partial charge is 0.255 e. The number of carbonyl (C=O) groups is 1. The van der Waals surface area contributed by atoms with Gasteiger partial charge in [-0.05, 0) is 43.2 Å². The molecule has 0 unspecified atom stereocenters. The first kappa shape index (κ1) is 19.0. The predicted octanol–water partition coefficient (Wildman–Crippen LogP) is 5.69. The fraction of sp³-hybridized carbons (Fsp3) is 0.364. The van der Waals surface area contributed by atoms with Crippen molar-refractivity contribution < 1.29 is 4.79 Å². The number of halogens is 1. The van der Waals surface area contributed by atoms with Crippen LogP contribution in [0.15, 0.2) is 40.9 Å². The SMILES string of the molecule is CN(C)c1cc2nc(C3CCCCC3)[nH]c2cc1NC(=O)c1cccc(Br)c1. The molecule has 0 radical (unpaired) electrons. The molecule has 2 N–H and O–H groups in total. The lowest BCUT2D eigenvalue weighted by Gasteiger charge is -2.18. The van der Waals surface area contributed by atoms with E-state index in [-0.39, 0.29) is 5.91 Å². The van der Waals surface area contributed by atoms with Gasteiger partial charge in [0, 0.05) is 30.0 Å². The molecule has 1 fully saturated rings. The zero-order valence-corrected chi connectivity index (χ0v) is 17.8. The number of carbonyl (C=O) groups excluding carboxylic acids is 1. The minimum absolute atomic E-state index is 0.129. The van der Waals surface area contributed by atoms with Crippen molar-refractivity contribution in [1.82, 2.24) is 9.97 Å². The first-order valence-corrected chi connectivity index (χ1v) is 10.6. The molecule has 3 aromatic rings. The Labute approximate surface area is 173 Å². The molecule has 6 heteroatoms. The molecule has 1 amide bonds. The van der Waals surface area contributed by atoms with Gasteiger partial charge in [-0.15, -0.1) is 0 Å². The Morgan fingerprint density at radius 1 is 1.18 bits per heavy atom. The third-order valence-electron chi connectivity index (χ3n) is 5.43. The number of nitrogens with zero attached hydrogens (tertiary/aromatic N) is 2. The Hall–Kier alpha value is -2.34. The third-order valence-corrected chi connectivity index (χ3v) is 5.92. The number of H-pyrrole nitrogens is 1. The quantitative estimate of drug-likeness (QED) is 0.547. The van der Waals surface area contributed by atoms with E-state index < -0.39 is 0 Å². The molecule has 1 saturated carbocycles. The van der Waals surface area contributed by atoms with E-state index in [1.165, 1.54) is 32.1 Å². The van der Waals surface area contributed by atoms with Gasteiger partial charge in [0.25, 0.3) is 5.91 Å². The lowest BCUT2D eigenvalue weighted by Crippen LogP contribution is -2.16. The van der Waals surface area contributed by atoms with Gasteiger partial charge < -0.3 is 15.2 Å². The van der Waals surface area contributed by atoms with Gasteiger partial charge in [0.2, 0.25) is 0 Å². The number of hydrogen-bond acceptors (Lipinski definition) is 3. The summed E-state index contributed by atoms with van der Waals surface area (Å²) < 4.78 is 0.883. The van der Waals surface area contributed by atoms with Crippen molar-refractivity contribution in [3.05, 3.63) is 52.3 Å². The zero-order chi connectivity index (χ0) is 19.7. The fourth-order valence-electron chi connectivity index (χ4n) is 3.93. The summed E-state index contributed by atoms with van der Waals surface area (Å²) in [5, 5.41) is 3.07. The number of nitrogens with one attached hydrogen (secondary N) is 2. The molecule has 0 spiro atoms. The van der Waals surface area contributed by atoms with E-state index in [9.17, 15) is 4.79 Å². The van der Waals surface area contributed by atoms with E-state index in [0.29, 0.717) is 11.5 Å². The van der Waals surface area contributed by atoms with Crippen LogP contribution >= 0.6 is 15.9 Å². The molecule has 1 heterocycles. The Morgan fingerprint density at radius 2 is 1.96 bits per heavy atom. The molecule has 0 bridgehead atoms. The van der Waals surface area contributed by atoms with Gasteiger partial charge in [-0.2, -0.15) is 0 Å². The molecule has 28 heavy (non-hydrogen) atoms. The van der Waals surface area contributed by atoms with Gasteiger partial charge in [-0.1, -0.05) is 41.3 Å². The Morgan fingerprint density at radius 3 is 2.68 bits per heavy atom. The lowest BCUT2D eigenvalue weighted by molar-refractivity contribution is 0.102. The van der Waals surface area contributed by atoms with Crippen LogP contribution in [-0.4, -0.2) is 30.0 Å². The number of aromatic amines is 1. The van der Waals surface area contributed by atoms with Crippen molar-refractivity contribution in [2.24, 2.45) is 0 Å². The summed E-state index contributed by atoms with van der Waals surface area (Å²) in [6, 6.07) is 11.5. The van der Waals surface area contributed by atoms with Crippen LogP contribution in [0.5, 0.6) is 0 Å². The highest BCUT2D eigenvalue weighted by Crippen LogP contribution is 2.35. The first-order valence-electron chi connectivity index (χ1n) is 9.79. The number of hydrogen-bond donors (Lipinski definition) is 2. The molecule has 2 aromatic carbocycles. The van der Waals surface area contributed by atoms with Crippen molar-refractivity contribution in [1.29, 1.82) is 0 Å². The summed E-state index contributed by atoms with van der Waals surface area (Å²) in [5.41, 5.74) is 4.26. The van der Waals surface area contributed by atoms with Gasteiger partial charge in [-0.3, -0.25) is 4.79 Å². The molecule has 1 aliphatic rings. The number of fused-ring (bicyclic) bond motifs is 1. The molecule has 1 aromatic heterocycles. The van der Waals surface area contributed by atoms with Crippen LogP contribution in [0.25, 0.3) is 11.0 Å². The van der Waals surface area contributed by atoms with Gasteiger partial charge in [0.1, 0.15) is 5.82 Å². The minimum atomic E-state index is -0.129. The molecule has 4 rings (SSSR count). The average molecular weight is 441 g/mol. The summed E-state index contributed by atoms with van der Waals surface area (Å²) in [5.74, 6) is 1.47. The highest BCUT2D eigenvalue weighted by atomic mass is 79.9. The van der Waals surface area contributed by atoms with Crippen LogP contribution in [-0.2, 0) is 0 Å². The van der Waals surface area contributed by atoms with E-state index >= 15 is 0 Å². The number of amides is 1. The highest BCUT2D eigenvalue weighted by Gasteiger charge is 2.20. The molecule has 146 valence electrons. The fourth-order valence-corrected chi connectivity index (χ4v) is 4.33. The van der Waals surface area contributed by atoms with Crippen LogP contribution in [0.2, 0.25) is 0 Å². The maximum absolute atomic E-state index is 12.8. The molecule has 0 atom stereocenters. The van der Waals surface area contributed by atoms with Crippen molar-refractivity contribution in [3.63, 3.8) is 0 Å². The van der Waals surface area contributed by atoms with E-state index in [0.717, 1.165) is 32.7 Å². The van der Waals surface area contributed by atoms with E-state index in [2.05, 4.69) is 32.3 Å². The molecule has 0 aliphatic heterocycles. The van der Waals surface area contributed by atoms with E-state index in [1.54, 1.807) is 0 Å². The maximum atomic E-state index is 12.8. The monoisotopic (exact) mass is 440 g/mol. The van der Waals surface area contributed by atoms with Crippen LogP contribution in [0.1, 0.15) is 54.2 Å². The normalized spacial score (nSPS) is 15.0. The number of imidazole rings is 1. The second-order valence-corrected chi connectivity index (χ2v) is 8.62. The Kier molecular flexibility index (Phi) is 5.40. The summed E-state index contributed by atoms with van der Waals surface area (Å²) >= 11 is 3.43. The second-order valence-electron chi connectivity index (χ2n) is 7.70. The minimum Gasteiger partial charge on any atom is -0.376 e. The number of aromatic nitrogens is 2. The zero-order valence-electron chi connectivity index (χ0n) is 16.3. The van der Waals surface area contributed by atoms with Crippen LogP contribution in [0.4, 0.5) is 11.4 Å². The maximum Gasteiger partial charge on any atom is 0.255 e. The molecular weight excluding hydrogens is 416 g/mol. The molecule has 0 saturated heterocycles. The largest absolute Gasteiger partial charge is 0.376 e. The van der Waals surface area contributed by atoms with Gasteiger partial charge in [0.15, 0.2) is 0 Å². The van der Waals surface area contributed by atoms with Gasteiger partial charge in [0.05, 0.1) is 22.4 Å². The van der Waals surface area contributed by atoms with Crippen LogP contribution in [0, 0.1) is 0 Å². The first-order chi connectivity index (χ1) is 13.5.